The summed E-state index contributed by atoms with van der Waals surface area (Å²) in [4.78, 5) is 13.5. The van der Waals surface area contributed by atoms with Gasteiger partial charge in [-0.25, -0.2) is 4.79 Å². The van der Waals surface area contributed by atoms with Crippen LogP contribution in [0.5, 0.6) is 0 Å². The number of urea groups is 1. The maximum Gasteiger partial charge on any atom is 0.414 e. The van der Waals surface area contributed by atoms with Crippen molar-refractivity contribution in [2.45, 2.75) is 31.5 Å². The van der Waals surface area contributed by atoms with E-state index in [1.54, 1.807) is 10.9 Å². The molecule has 2 amide bonds. The zero-order chi connectivity index (χ0) is 17.0. The van der Waals surface area contributed by atoms with Crippen LogP contribution in [0.3, 0.4) is 0 Å². The van der Waals surface area contributed by atoms with Crippen LogP contribution in [0.25, 0.3) is 0 Å². The molecule has 1 aromatic rings. The molecule has 0 radical (unpaired) electrons. The number of hydrogen-bond donors (Lipinski definition) is 2. The van der Waals surface area contributed by atoms with Crippen molar-refractivity contribution >= 4 is 6.03 Å². The van der Waals surface area contributed by atoms with Crippen molar-refractivity contribution in [2.24, 2.45) is 13.0 Å². The minimum atomic E-state index is -4.60. The van der Waals surface area contributed by atoms with Gasteiger partial charge in [0.05, 0.1) is 6.20 Å². The molecule has 1 fully saturated rings. The second kappa shape index (κ2) is 7.20. The maximum absolute atomic E-state index is 12.5. The highest BCUT2D eigenvalue weighted by Gasteiger charge is 2.44. The SMILES string of the molecule is Cn1cc(CCNC(=O)N2CCC(C(O)C(F)(F)F)CC2)cn1. The average Bonchev–Trinajstić information content (AvgIpc) is 2.91. The van der Waals surface area contributed by atoms with E-state index in [1.807, 2.05) is 13.2 Å². The fourth-order valence-corrected chi connectivity index (χ4v) is 2.71. The van der Waals surface area contributed by atoms with Crippen LogP contribution in [0.15, 0.2) is 12.4 Å². The van der Waals surface area contributed by atoms with Gasteiger partial charge in [-0.1, -0.05) is 0 Å². The Morgan fingerprint density at radius 3 is 2.65 bits per heavy atom. The van der Waals surface area contributed by atoms with Crippen molar-refractivity contribution in [1.82, 2.24) is 20.0 Å². The van der Waals surface area contributed by atoms with Crippen LogP contribution in [-0.4, -0.2) is 57.7 Å². The first kappa shape index (κ1) is 17.6. The van der Waals surface area contributed by atoms with Crippen LogP contribution < -0.4 is 5.32 Å². The number of aromatic nitrogens is 2. The number of likely N-dealkylation sites (tertiary alicyclic amines) is 1. The number of nitrogens with one attached hydrogen (secondary N) is 1. The Kier molecular flexibility index (Phi) is 5.51. The number of amides is 2. The fourth-order valence-electron chi connectivity index (χ4n) is 2.71. The van der Waals surface area contributed by atoms with Gasteiger partial charge in [-0.05, 0) is 30.7 Å². The summed E-state index contributed by atoms with van der Waals surface area (Å²) in [6.45, 7) is 0.878. The van der Waals surface area contributed by atoms with Crippen LogP contribution >= 0.6 is 0 Å². The number of nitrogens with zero attached hydrogens (tertiary/aromatic N) is 3. The highest BCUT2D eigenvalue weighted by Crippen LogP contribution is 2.31. The number of carbonyl (C=O) groups excluding carboxylic acids is 1. The van der Waals surface area contributed by atoms with Gasteiger partial charge in [0.2, 0.25) is 0 Å². The molecule has 0 bridgehead atoms. The molecule has 1 atom stereocenters. The lowest BCUT2D eigenvalue weighted by Crippen LogP contribution is -2.48. The zero-order valence-electron chi connectivity index (χ0n) is 12.9. The van der Waals surface area contributed by atoms with Crippen molar-refractivity contribution in [3.8, 4) is 0 Å². The third kappa shape index (κ3) is 4.85. The molecular formula is C14H21F3N4O2. The molecule has 1 aromatic heterocycles. The molecule has 0 aliphatic carbocycles. The van der Waals surface area contributed by atoms with Gasteiger partial charge in [0, 0.05) is 32.9 Å². The summed E-state index contributed by atoms with van der Waals surface area (Å²) >= 11 is 0. The summed E-state index contributed by atoms with van der Waals surface area (Å²) in [5, 5.41) is 16.0. The third-order valence-electron chi connectivity index (χ3n) is 4.06. The van der Waals surface area contributed by atoms with E-state index in [-0.39, 0.29) is 32.0 Å². The van der Waals surface area contributed by atoms with Gasteiger partial charge in [0.1, 0.15) is 0 Å². The standard InChI is InChI=1S/C14H21F3N4O2/c1-20-9-10(8-19-20)2-5-18-13(23)21-6-3-11(4-7-21)12(22)14(15,16)17/h8-9,11-12,22H,2-7H2,1H3,(H,18,23). The Bertz CT molecular complexity index is 524. The molecule has 0 spiro atoms. The highest BCUT2D eigenvalue weighted by atomic mass is 19.4. The van der Waals surface area contributed by atoms with Crippen molar-refractivity contribution < 1.29 is 23.1 Å². The number of aryl methyl sites for hydroxylation is 1. The van der Waals surface area contributed by atoms with Gasteiger partial charge in [-0.2, -0.15) is 18.3 Å². The van der Waals surface area contributed by atoms with Crippen LogP contribution in [0.2, 0.25) is 0 Å². The van der Waals surface area contributed by atoms with Crippen molar-refractivity contribution in [3.63, 3.8) is 0 Å². The summed E-state index contributed by atoms with van der Waals surface area (Å²) in [7, 11) is 1.81. The van der Waals surface area contributed by atoms with Gasteiger partial charge in [0.25, 0.3) is 0 Å². The Balaban J connectivity index is 1.71. The molecule has 1 aliphatic heterocycles. The maximum atomic E-state index is 12.5. The predicted octanol–water partition coefficient (Wildman–Crippen LogP) is 1.31. The Hall–Kier alpha value is -1.77. The van der Waals surface area contributed by atoms with E-state index in [1.165, 1.54) is 4.90 Å². The van der Waals surface area contributed by atoms with Crippen molar-refractivity contribution in [3.05, 3.63) is 18.0 Å². The second-order valence-electron chi connectivity index (χ2n) is 5.82. The van der Waals surface area contributed by atoms with Crippen molar-refractivity contribution in [1.29, 1.82) is 0 Å². The molecule has 1 unspecified atom stereocenters. The molecule has 23 heavy (non-hydrogen) atoms. The van der Waals surface area contributed by atoms with Gasteiger partial charge in [0.15, 0.2) is 6.10 Å². The molecule has 1 saturated heterocycles. The Morgan fingerprint density at radius 1 is 1.48 bits per heavy atom. The molecule has 0 saturated carbocycles. The first-order valence-electron chi connectivity index (χ1n) is 7.52. The second-order valence-corrected chi connectivity index (χ2v) is 5.82. The molecule has 0 aromatic carbocycles. The van der Waals surface area contributed by atoms with E-state index >= 15 is 0 Å². The predicted molar refractivity (Wildman–Crippen MR) is 76.7 cm³/mol. The van der Waals surface area contributed by atoms with Crippen molar-refractivity contribution in [2.75, 3.05) is 19.6 Å². The number of hydrogen-bond acceptors (Lipinski definition) is 3. The van der Waals surface area contributed by atoms with Crippen LogP contribution in [0.1, 0.15) is 18.4 Å². The van der Waals surface area contributed by atoms with E-state index in [0.29, 0.717) is 13.0 Å². The Labute approximate surface area is 132 Å². The van der Waals surface area contributed by atoms with E-state index in [4.69, 9.17) is 0 Å². The smallest absolute Gasteiger partial charge is 0.383 e. The molecule has 2 N–H and O–H groups in total. The Morgan fingerprint density at radius 2 is 2.13 bits per heavy atom. The minimum Gasteiger partial charge on any atom is -0.383 e. The largest absolute Gasteiger partial charge is 0.414 e. The van der Waals surface area contributed by atoms with Crippen LogP contribution in [0, 0.1) is 5.92 Å². The summed E-state index contributed by atoms with van der Waals surface area (Å²) in [6, 6.07) is -0.283. The number of aliphatic hydroxyl groups excluding tert-OH is 1. The lowest BCUT2D eigenvalue weighted by molar-refractivity contribution is -0.222. The van der Waals surface area contributed by atoms with E-state index in [2.05, 4.69) is 10.4 Å². The molecule has 130 valence electrons. The molecule has 9 heteroatoms. The normalized spacial score (nSPS) is 18.0. The van der Waals surface area contributed by atoms with E-state index in [9.17, 15) is 23.1 Å². The van der Waals surface area contributed by atoms with E-state index in [0.717, 1.165) is 5.56 Å². The topological polar surface area (TPSA) is 70.4 Å². The molecular weight excluding hydrogens is 313 g/mol. The minimum absolute atomic E-state index is 0.150. The fraction of sp³-hybridized carbons (Fsp3) is 0.714. The molecule has 6 nitrogen and oxygen atoms in total. The van der Waals surface area contributed by atoms with E-state index < -0.39 is 18.2 Å². The van der Waals surface area contributed by atoms with Gasteiger partial charge in [-0.3, -0.25) is 4.68 Å². The summed E-state index contributed by atoms with van der Waals surface area (Å²) in [6.07, 6.45) is -2.39. The summed E-state index contributed by atoms with van der Waals surface area (Å²) in [5.41, 5.74) is 1.000. The molecule has 2 heterocycles. The third-order valence-corrected chi connectivity index (χ3v) is 4.06. The van der Waals surface area contributed by atoms with Gasteiger partial charge in [-0.15, -0.1) is 0 Å². The van der Waals surface area contributed by atoms with Gasteiger partial charge >= 0.3 is 12.2 Å². The quantitative estimate of drug-likeness (QED) is 0.872. The number of piperidine rings is 1. The lowest BCUT2D eigenvalue weighted by atomic mass is 9.91. The number of alkyl halides is 3. The number of rotatable bonds is 4. The molecule has 1 aliphatic rings. The number of halogens is 3. The van der Waals surface area contributed by atoms with Crippen LogP contribution in [-0.2, 0) is 13.5 Å². The van der Waals surface area contributed by atoms with Gasteiger partial charge < -0.3 is 15.3 Å². The summed E-state index contributed by atoms with van der Waals surface area (Å²) < 4.78 is 39.1. The lowest BCUT2D eigenvalue weighted by Gasteiger charge is -2.34. The molecule has 2 rings (SSSR count). The number of carbonyl (C=O) groups is 1. The highest BCUT2D eigenvalue weighted by molar-refractivity contribution is 5.74. The average molecular weight is 334 g/mol. The first-order chi connectivity index (χ1) is 10.8. The first-order valence-corrected chi connectivity index (χ1v) is 7.52. The number of aliphatic hydroxyl groups is 1. The van der Waals surface area contributed by atoms with Crippen LogP contribution in [0.4, 0.5) is 18.0 Å². The monoisotopic (exact) mass is 334 g/mol. The zero-order valence-corrected chi connectivity index (χ0v) is 12.9. The summed E-state index contributed by atoms with van der Waals surface area (Å²) in [5.74, 6) is -0.838.